The van der Waals surface area contributed by atoms with E-state index in [4.69, 9.17) is 33.0 Å². The third-order valence-electron chi connectivity index (χ3n) is 3.81. The Morgan fingerprint density at radius 3 is 2.73 bits per heavy atom. The van der Waals surface area contributed by atoms with Crippen molar-refractivity contribution in [3.8, 4) is 5.75 Å². The minimum Gasteiger partial charge on any atom is -0.491 e. The molecule has 7 heteroatoms. The molecule has 0 saturated carbocycles. The van der Waals surface area contributed by atoms with E-state index in [1.165, 1.54) is 0 Å². The Kier molecular flexibility index (Phi) is 5.19. The van der Waals surface area contributed by atoms with Gasteiger partial charge in [-0.05, 0) is 31.5 Å². The molecular formula is C15H17Cl2NO4. The van der Waals surface area contributed by atoms with Gasteiger partial charge in [0.1, 0.15) is 5.75 Å². The van der Waals surface area contributed by atoms with Crippen molar-refractivity contribution in [2.45, 2.75) is 19.8 Å². The zero-order chi connectivity index (χ0) is 16.3. The fourth-order valence-electron chi connectivity index (χ4n) is 2.35. The molecular weight excluding hydrogens is 329 g/mol. The third kappa shape index (κ3) is 3.84. The number of rotatable bonds is 5. The Morgan fingerprint density at radius 2 is 2.14 bits per heavy atom. The van der Waals surface area contributed by atoms with Gasteiger partial charge in [0.25, 0.3) is 0 Å². The molecule has 1 aromatic carbocycles. The van der Waals surface area contributed by atoms with Gasteiger partial charge in [0.2, 0.25) is 5.91 Å². The molecule has 1 aromatic rings. The van der Waals surface area contributed by atoms with Crippen molar-refractivity contribution >= 4 is 35.1 Å². The average molecular weight is 346 g/mol. The first-order valence-corrected chi connectivity index (χ1v) is 7.66. The molecule has 120 valence electrons. The summed E-state index contributed by atoms with van der Waals surface area (Å²) >= 11 is 11.8. The monoisotopic (exact) mass is 345 g/mol. The number of carbonyl (C=O) groups is 2. The van der Waals surface area contributed by atoms with E-state index < -0.39 is 11.4 Å². The van der Waals surface area contributed by atoms with Gasteiger partial charge in [0.15, 0.2) is 0 Å². The van der Waals surface area contributed by atoms with Gasteiger partial charge in [0.05, 0.1) is 23.5 Å². The van der Waals surface area contributed by atoms with Crippen LogP contribution in [-0.4, -0.2) is 41.6 Å². The molecule has 1 aliphatic rings. The summed E-state index contributed by atoms with van der Waals surface area (Å²) in [4.78, 5) is 24.8. The molecule has 1 N–H and O–H groups in total. The number of carbonyl (C=O) groups excluding carboxylic acids is 1. The summed E-state index contributed by atoms with van der Waals surface area (Å²) in [6.45, 7) is 2.54. The van der Waals surface area contributed by atoms with Crippen LogP contribution in [0.5, 0.6) is 5.75 Å². The number of carboxylic acids is 1. The number of aliphatic carboxylic acids is 1. The van der Waals surface area contributed by atoms with Gasteiger partial charge in [-0.3, -0.25) is 9.59 Å². The highest BCUT2D eigenvalue weighted by Gasteiger charge is 2.41. The number of halogens is 2. The van der Waals surface area contributed by atoms with Crippen molar-refractivity contribution in [2.75, 3.05) is 19.7 Å². The predicted molar refractivity (Wildman–Crippen MR) is 83.5 cm³/mol. The normalized spacial score (nSPS) is 21.0. The number of amides is 1. The fourth-order valence-corrected chi connectivity index (χ4v) is 2.81. The molecule has 0 aliphatic carbocycles. The minimum atomic E-state index is -0.869. The van der Waals surface area contributed by atoms with Gasteiger partial charge in [-0.1, -0.05) is 23.2 Å². The van der Waals surface area contributed by atoms with E-state index in [1.54, 1.807) is 30.0 Å². The zero-order valence-electron chi connectivity index (χ0n) is 12.1. The molecule has 1 amide bonds. The molecule has 1 aliphatic heterocycles. The van der Waals surface area contributed by atoms with Gasteiger partial charge in [-0.2, -0.15) is 0 Å². The van der Waals surface area contributed by atoms with Crippen LogP contribution >= 0.6 is 23.2 Å². The number of likely N-dealkylation sites (tertiary alicyclic amines) is 1. The summed E-state index contributed by atoms with van der Waals surface area (Å²) in [6, 6.07) is 4.87. The van der Waals surface area contributed by atoms with Gasteiger partial charge < -0.3 is 14.7 Å². The number of benzene rings is 1. The first kappa shape index (κ1) is 16.9. The zero-order valence-corrected chi connectivity index (χ0v) is 13.7. The van der Waals surface area contributed by atoms with E-state index in [9.17, 15) is 9.59 Å². The van der Waals surface area contributed by atoms with Gasteiger partial charge in [-0.25, -0.2) is 0 Å². The molecule has 1 saturated heterocycles. The second-order valence-corrected chi connectivity index (χ2v) is 6.45. The van der Waals surface area contributed by atoms with Crippen molar-refractivity contribution in [1.82, 2.24) is 4.90 Å². The summed E-state index contributed by atoms with van der Waals surface area (Å²) in [7, 11) is 0. The Bertz CT molecular complexity index is 593. The maximum absolute atomic E-state index is 12.1. The molecule has 1 atom stereocenters. The fraction of sp³-hybridized carbons (Fsp3) is 0.467. The van der Waals surface area contributed by atoms with Crippen LogP contribution in [0.2, 0.25) is 10.0 Å². The summed E-state index contributed by atoms with van der Waals surface area (Å²) < 4.78 is 5.47. The van der Waals surface area contributed by atoms with Crippen molar-refractivity contribution in [3.05, 3.63) is 28.2 Å². The van der Waals surface area contributed by atoms with Gasteiger partial charge in [-0.15, -0.1) is 0 Å². The number of ether oxygens (including phenoxy) is 1. The first-order chi connectivity index (χ1) is 10.3. The molecule has 5 nitrogen and oxygen atoms in total. The Labute approximate surface area is 138 Å². The largest absolute Gasteiger partial charge is 0.491 e. The lowest BCUT2D eigenvalue weighted by atomic mass is 9.90. The topological polar surface area (TPSA) is 66.8 Å². The number of hydrogen-bond donors (Lipinski definition) is 1. The van der Waals surface area contributed by atoms with Crippen LogP contribution in [0.15, 0.2) is 18.2 Å². The number of nitrogens with zero attached hydrogens (tertiary/aromatic N) is 1. The minimum absolute atomic E-state index is 0.116. The Morgan fingerprint density at radius 1 is 1.41 bits per heavy atom. The van der Waals surface area contributed by atoms with Crippen molar-refractivity contribution in [3.63, 3.8) is 0 Å². The smallest absolute Gasteiger partial charge is 0.311 e. The van der Waals surface area contributed by atoms with Crippen LogP contribution in [0.25, 0.3) is 0 Å². The lowest BCUT2D eigenvalue weighted by Gasteiger charge is -2.20. The molecule has 0 aromatic heterocycles. The molecule has 1 fully saturated rings. The van der Waals surface area contributed by atoms with E-state index in [2.05, 4.69) is 0 Å². The van der Waals surface area contributed by atoms with Crippen molar-refractivity contribution in [1.29, 1.82) is 0 Å². The summed E-state index contributed by atoms with van der Waals surface area (Å²) in [5.41, 5.74) is -0.851. The van der Waals surface area contributed by atoms with Crippen molar-refractivity contribution in [2.24, 2.45) is 5.41 Å². The molecule has 2 rings (SSSR count). The summed E-state index contributed by atoms with van der Waals surface area (Å²) in [5, 5.41) is 10.1. The van der Waals surface area contributed by atoms with Crippen molar-refractivity contribution < 1.29 is 19.4 Å². The quantitative estimate of drug-likeness (QED) is 0.890. The standard InChI is InChI=1S/C15H17Cl2NO4/c1-15(14(20)21)5-6-18(9-15)13(19)4-7-22-12-3-2-10(16)8-11(12)17/h2-3,8H,4-7,9H2,1H3,(H,20,21). The van der Waals surface area contributed by atoms with Crippen LogP contribution in [0.1, 0.15) is 19.8 Å². The lowest BCUT2D eigenvalue weighted by molar-refractivity contribution is -0.147. The SMILES string of the molecule is CC1(C(=O)O)CCN(C(=O)CCOc2ccc(Cl)cc2Cl)C1. The highest BCUT2D eigenvalue weighted by molar-refractivity contribution is 6.35. The number of carboxylic acid groups (broad SMARTS) is 1. The average Bonchev–Trinajstić information content (AvgIpc) is 2.85. The third-order valence-corrected chi connectivity index (χ3v) is 4.34. The van der Waals surface area contributed by atoms with Gasteiger partial charge >= 0.3 is 5.97 Å². The molecule has 1 unspecified atom stereocenters. The summed E-state index contributed by atoms with van der Waals surface area (Å²) in [6.07, 6.45) is 0.645. The van der Waals surface area contributed by atoms with E-state index >= 15 is 0 Å². The maximum atomic E-state index is 12.1. The number of hydrogen-bond acceptors (Lipinski definition) is 3. The van der Waals surface area contributed by atoms with Gasteiger partial charge in [0, 0.05) is 18.1 Å². The molecule has 22 heavy (non-hydrogen) atoms. The van der Waals surface area contributed by atoms with Crippen LogP contribution in [0.3, 0.4) is 0 Å². The van der Waals surface area contributed by atoms with Crippen LogP contribution in [-0.2, 0) is 9.59 Å². The van der Waals surface area contributed by atoms with Crippen LogP contribution < -0.4 is 4.74 Å². The summed E-state index contributed by atoms with van der Waals surface area (Å²) in [5.74, 6) is -0.516. The Hall–Kier alpha value is -1.46. The predicted octanol–water partition coefficient (Wildman–Crippen LogP) is 3.09. The molecule has 0 radical (unpaired) electrons. The second-order valence-electron chi connectivity index (χ2n) is 5.60. The Balaban J connectivity index is 1.83. The van der Waals surface area contributed by atoms with E-state index in [1.807, 2.05) is 0 Å². The molecule has 0 spiro atoms. The van der Waals surface area contributed by atoms with E-state index in [0.717, 1.165) is 0 Å². The molecule has 0 bridgehead atoms. The first-order valence-electron chi connectivity index (χ1n) is 6.91. The highest BCUT2D eigenvalue weighted by atomic mass is 35.5. The van der Waals surface area contributed by atoms with E-state index in [-0.39, 0.29) is 25.5 Å². The molecule has 1 heterocycles. The maximum Gasteiger partial charge on any atom is 0.311 e. The van der Waals surface area contributed by atoms with E-state index in [0.29, 0.717) is 28.8 Å². The second kappa shape index (κ2) is 6.75. The highest BCUT2D eigenvalue weighted by Crippen LogP contribution is 2.31. The van der Waals surface area contributed by atoms with Crippen LogP contribution in [0, 0.1) is 5.41 Å². The van der Waals surface area contributed by atoms with Crippen LogP contribution in [0.4, 0.5) is 0 Å². The lowest BCUT2D eigenvalue weighted by Crippen LogP contribution is -2.35.